The minimum Gasteiger partial charge on any atom is -0.322 e. The summed E-state index contributed by atoms with van der Waals surface area (Å²) in [6, 6.07) is 19.0. The molecule has 3 aromatic rings. The zero-order valence-electron chi connectivity index (χ0n) is 18.3. The first-order valence-electron chi connectivity index (χ1n) is 9.99. The van der Waals surface area contributed by atoms with Crippen LogP contribution in [0, 0.1) is 24.7 Å². The number of nitrogens with zero attached hydrogens (tertiary/aromatic N) is 3. The molecule has 0 aromatic heterocycles. The van der Waals surface area contributed by atoms with E-state index in [0.29, 0.717) is 34.6 Å². The predicted octanol–water partition coefficient (Wildman–Crippen LogP) is 4.09. The molecule has 0 aliphatic carbocycles. The molecule has 0 saturated carbocycles. The second-order valence-corrected chi connectivity index (χ2v) is 7.21. The van der Waals surface area contributed by atoms with E-state index in [4.69, 9.17) is 12.8 Å². The van der Waals surface area contributed by atoms with Gasteiger partial charge in [-0.1, -0.05) is 24.0 Å². The number of benzene rings is 3. The van der Waals surface area contributed by atoms with Gasteiger partial charge < -0.3 is 10.3 Å². The first kappa shape index (κ1) is 22.9. The van der Waals surface area contributed by atoms with Crippen molar-refractivity contribution in [2.75, 3.05) is 24.3 Å². The van der Waals surface area contributed by atoms with Crippen LogP contribution in [0.25, 0.3) is 0 Å². The molecular formula is C27H22N4O2. The van der Waals surface area contributed by atoms with E-state index >= 15 is 0 Å². The number of carbonyl (C=O) groups excluding carboxylic acids is 2. The van der Waals surface area contributed by atoms with E-state index in [1.165, 1.54) is 4.90 Å². The Balaban J connectivity index is 1.95. The lowest BCUT2D eigenvalue weighted by molar-refractivity contribution is -0.106. The lowest BCUT2D eigenvalue weighted by Gasteiger charge is -2.21. The number of terminal acetylenes is 2. The van der Waals surface area contributed by atoms with Crippen LogP contribution in [-0.4, -0.2) is 37.6 Å². The number of amides is 2. The maximum atomic E-state index is 13.1. The summed E-state index contributed by atoms with van der Waals surface area (Å²) in [6.45, 7) is 0. The summed E-state index contributed by atoms with van der Waals surface area (Å²) in [5.41, 5.74) is 3.91. The Hall–Kier alpha value is -4.81. The Morgan fingerprint density at radius 1 is 0.939 bits per heavy atom. The summed E-state index contributed by atoms with van der Waals surface area (Å²) in [4.78, 5) is 26.6. The molecule has 3 aromatic carbocycles. The lowest BCUT2D eigenvalue weighted by Crippen LogP contribution is -2.21. The number of hydrogen-bond donors (Lipinski definition) is 1. The Kier molecular flexibility index (Phi) is 7.26. The highest BCUT2D eigenvalue weighted by Gasteiger charge is 2.19. The Bertz CT molecular complexity index is 1260. The second-order valence-electron chi connectivity index (χ2n) is 7.21. The van der Waals surface area contributed by atoms with Gasteiger partial charge in [0.05, 0.1) is 17.5 Å². The van der Waals surface area contributed by atoms with Gasteiger partial charge in [0.1, 0.15) is 0 Å². The van der Waals surface area contributed by atoms with E-state index in [2.05, 4.69) is 22.3 Å². The topological polar surface area (TPSA) is 65.0 Å². The molecule has 0 bridgehead atoms. The van der Waals surface area contributed by atoms with Crippen molar-refractivity contribution in [1.82, 2.24) is 5.01 Å². The number of carbonyl (C=O) groups is 2. The molecular weight excluding hydrogens is 412 g/mol. The Morgan fingerprint density at radius 2 is 1.58 bits per heavy atom. The van der Waals surface area contributed by atoms with E-state index < -0.39 is 5.91 Å². The van der Waals surface area contributed by atoms with E-state index in [1.807, 2.05) is 26.2 Å². The molecule has 0 aliphatic heterocycles. The van der Waals surface area contributed by atoms with Crippen LogP contribution in [0.2, 0.25) is 0 Å². The summed E-state index contributed by atoms with van der Waals surface area (Å²) in [5, 5.41) is 8.71. The zero-order chi connectivity index (χ0) is 23.8. The van der Waals surface area contributed by atoms with E-state index in [9.17, 15) is 9.59 Å². The highest BCUT2D eigenvalue weighted by molar-refractivity contribution is 6.10. The van der Waals surface area contributed by atoms with Gasteiger partial charge in [0.25, 0.3) is 5.91 Å². The third-order valence-corrected chi connectivity index (χ3v) is 4.69. The predicted molar refractivity (Wildman–Crippen MR) is 133 cm³/mol. The average Bonchev–Trinajstić information content (AvgIpc) is 2.84. The van der Waals surface area contributed by atoms with Crippen molar-refractivity contribution in [2.24, 2.45) is 5.10 Å². The van der Waals surface area contributed by atoms with Crippen molar-refractivity contribution in [2.45, 2.75) is 0 Å². The summed E-state index contributed by atoms with van der Waals surface area (Å²) >= 11 is 0. The fraction of sp³-hybridized carbons (Fsp3) is 0.0741. The second kappa shape index (κ2) is 10.5. The number of rotatable bonds is 7. The van der Waals surface area contributed by atoms with Gasteiger partial charge in [-0.05, 0) is 60.2 Å². The van der Waals surface area contributed by atoms with Gasteiger partial charge in [-0.3, -0.25) is 14.5 Å². The Labute approximate surface area is 193 Å². The van der Waals surface area contributed by atoms with E-state index in [-0.39, 0.29) is 5.56 Å². The third-order valence-electron chi connectivity index (χ3n) is 4.69. The van der Waals surface area contributed by atoms with Gasteiger partial charge >= 0.3 is 0 Å². The van der Waals surface area contributed by atoms with Crippen molar-refractivity contribution in [3.8, 4) is 24.7 Å². The van der Waals surface area contributed by atoms with Gasteiger partial charge in [0.15, 0.2) is 0 Å². The van der Waals surface area contributed by atoms with Crippen molar-refractivity contribution < 1.29 is 9.59 Å². The van der Waals surface area contributed by atoms with Gasteiger partial charge in [-0.25, -0.2) is 0 Å². The fourth-order valence-corrected chi connectivity index (χ4v) is 3.03. The lowest BCUT2D eigenvalue weighted by atomic mass is 10.1. The molecule has 0 radical (unpaired) electrons. The van der Waals surface area contributed by atoms with Gasteiger partial charge in [-0.15, -0.1) is 12.8 Å². The SMILES string of the molecule is C#Cc1ccc(NC(=O)c2cc(C#C)ccc2N(C=O)c2ccc(C=NN(C)C)cc2)cc1. The normalized spacial score (nSPS) is 10.2. The number of hydrogen-bond acceptors (Lipinski definition) is 4. The minimum atomic E-state index is -0.405. The third kappa shape index (κ3) is 5.66. The number of anilines is 3. The molecule has 0 fully saturated rings. The molecule has 0 atom stereocenters. The molecule has 1 N–H and O–H groups in total. The van der Waals surface area contributed by atoms with Crippen molar-refractivity contribution >= 4 is 35.6 Å². The summed E-state index contributed by atoms with van der Waals surface area (Å²) < 4.78 is 0. The van der Waals surface area contributed by atoms with Crippen molar-refractivity contribution in [3.05, 3.63) is 89.0 Å². The standard InChI is InChI=1S/C27H22N4O2/c1-5-20-7-12-23(13-8-20)29-27(33)25-17-21(6-2)11-16-26(25)31(19-32)24-14-9-22(10-15-24)18-28-30(3)4/h1-2,7-19H,3-4H3,(H,29,33). The molecule has 6 heteroatoms. The molecule has 0 heterocycles. The van der Waals surface area contributed by atoms with Crippen LogP contribution < -0.4 is 10.2 Å². The van der Waals surface area contributed by atoms with Crippen molar-refractivity contribution in [1.29, 1.82) is 0 Å². The first-order chi connectivity index (χ1) is 15.9. The monoisotopic (exact) mass is 434 g/mol. The zero-order valence-corrected chi connectivity index (χ0v) is 18.3. The fourth-order valence-electron chi connectivity index (χ4n) is 3.03. The molecule has 6 nitrogen and oxygen atoms in total. The maximum absolute atomic E-state index is 13.1. The molecule has 0 saturated heterocycles. The maximum Gasteiger partial charge on any atom is 0.257 e. The highest BCUT2D eigenvalue weighted by atomic mass is 16.2. The molecule has 3 rings (SSSR count). The summed E-state index contributed by atoms with van der Waals surface area (Å²) in [5.74, 6) is 4.65. The first-order valence-corrected chi connectivity index (χ1v) is 9.99. The van der Waals surface area contributed by atoms with E-state index in [1.54, 1.807) is 65.8 Å². The van der Waals surface area contributed by atoms with E-state index in [0.717, 1.165) is 5.56 Å². The molecule has 33 heavy (non-hydrogen) atoms. The quantitative estimate of drug-likeness (QED) is 0.264. The largest absolute Gasteiger partial charge is 0.322 e. The molecule has 0 unspecified atom stereocenters. The smallest absolute Gasteiger partial charge is 0.257 e. The van der Waals surface area contributed by atoms with Crippen molar-refractivity contribution in [3.63, 3.8) is 0 Å². The van der Waals surface area contributed by atoms with Gasteiger partial charge in [0, 0.05) is 36.6 Å². The minimum absolute atomic E-state index is 0.261. The van der Waals surface area contributed by atoms with Crippen LogP contribution >= 0.6 is 0 Å². The summed E-state index contributed by atoms with van der Waals surface area (Å²) in [7, 11) is 3.66. The highest BCUT2D eigenvalue weighted by Crippen LogP contribution is 2.29. The van der Waals surface area contributed by atoms with Crippen LogP contribution in [0.5, 0.6) is 0 Å². The Morgan fingerprint density at radius 3 is 2.15 bits per heavy atom. The van der Waals surface area contributed by atoms with Crippen LogP contribution in [0.15, 0.2) is 71.8 Å². The molecule has 0 aliphatic rings. The molecule has 2 amide bonds. The number of hydrazone groups is 1. The molecule has 0 spiro atoms. The van der Waals surface area contributed by atoms with Gasteiger partial charge in [-0.2, -0.15) is 5.10 Å². The number of nitrogens with one attached hydrogen (secondary N) is 1. The molecule has 162 valence electrons. The summed E-state index contributed by atoms with van der Waals surface area (Å²) in [6.07, 6.45) is 13.3. The van der Waals surface area contributed by atoms with Crippen LogP contribution in [0.1, 0.15) is 27.0 Å². The average molecular weight is 434 g/mol. The van der Waals surface area contributed by atoms with Crippen LogP contribution in [-0.2, 0) is 4.79 Å². The van der Waals surface area contributed by atoms with Crippen LogP contribution in [0.4, 0.5) is 17.1 Å². The van der Waals surface area contributed by atoms with Crippen LogP contribution in [0.3, 0.4) is 0 Å². The van der Waals surface area contributed by atoms with Gasteiger partial charge in [0.2, 0.25) is 6.41 Å².